The van der Waals surface area contributed by atoms with Crippen LogP contribution in [0.4, 0.5) is 0 Å². The second-order valence-electron chi connectivity index (χ2n) is 4.15. The van der Waals surface area contributed by atoms with Gasteiger partial charge in [0.2, 0.25) is 5.82 Å². The zero-order valence-electron chi connectivity index (χ0n) is 11.3. The van der Waals surface area contributed by atoms with Gasteiger partial charge in [0, 0.05) is 5.69 Å². The lowest BCUT2D eigenvalue weighted by Crippen LogP contribution is -2.15. The molecule has 0 aliphatic rings. The molecular weight excluding hydrogens is 244 g/mol. The second-order valence-corrected chi connectivity index (χ2v) is 4.15. The van der Waals surface area contributed by atoms with Crippen LogP contribution in [0, 0.1) is 13.8 Å². The van der Waals surface area contributed by atoms with Gasteiger partial charge in [-0.15, -0.1) is 10.2 Å². The van der Waals surface area contributed by atoms with Crippen LogP contribution in [-0.2, 0) is 11.3 Å². The fourth-order valence-corrected chi connectivity index (χ4v) is 1.77. The van der Waals surface area contributed by atoms with Gasteiger partial charge < -0.3 is 4.74 Å². The van der Waals surface area contributed by atoms with E-state index in [0.717, 1.165) is 11.4 Å². The van der Waals surface area contributed by atoms with Crippen molar-refractivity contribution >= 4 is 5.97 Å². The van der Waals surface area contributed by atoms with E-state index in [2.05, 4.69) is 15.2 Å². The molecule has 0 aromatic carbocycles. The average Bonchev–Trinajstić information content (AvgIpc) is 2.72. The number of aromatic nitrogens is 4. The van der Waals surface area contributed by atoms with E-state index in [1.54, 1.807) is 18.4 Å². The number of carbonyl (C=O) groups is 1. The van der Waals surface area contributed by atoms with Crippen LogP contribution in [0.15, 0.2) is 18.2 Å². The minimum Gasteiger partial charge on any atom is -0.460 e. The predicted molar refractivity (Wildman–Crippen MR) is 68.8 cm³/mol. The maximum Gasteiger partial charge on any atom is 0.376 e. The fraction of sp³-hybridized carbons (Fsp3) is 0.385. The van der Waals surface area contributed by atoms with Crippen LogP contribution in [0.2, 0.25) is 0 Å². The van der Waals surface area contributed by atoms with E-state index in [0.29, 0.717) is 19.0 Å². The summed E-state index contributed by atoms with van der Waals surface area (Å²) in [6, 6.07) is 5.76. The normalized spacial score (nSPS) is 10.5. The van der Waals surface area contributed by atoms with Gasteiger partial charge in [-0.1, -0.05) is 6.07 Å². The molecule has 0 amide bonds. The van der Waals surface area contributed by atoms with Crippen molar-refractivity contribution in [3.05, 3.63) is 41.2 Å². The van der Waals surface area contributed by atoms with Gasteiger partial charge in [-0.25, -0.2) is 4.79 Å². The molecular formula is C13H16N4O2. The number of aryl methyl sites for hydroxylation is 2. The van der Waals surface area contributed by atoms with Crippen molar-refractivity contribution in [3.8, 4) is 0 Å². The van der Waals surface area contributed by atoms with Gasteiger partial charge in [-0.3, -0.25) is 9.55 Å². The molecule has 19 heavy (non-hydrogen) atoms. The summed E-state index contributed by atoms with van der Waals surface area (Å²) in [4.78, 5) is 16.2. The topological polar surface area (TPSA) is 69.9 Å². The monoisotopic (exact) mass is 260 g/mol. The van der Waals surface area contributed by atoms with E-state index in [-0.39, 0.29) is 5.82 Å². The molecule has 6 nitrogen and oxygen atoms in total. The summed E-state index contributed by atoms with van der Waals surface area (Å²) in [5.41, 5.74) is 1.79. The summed E-state index contributed by atoms with van der Waals surface area (Å²) in [6.07, 6.45) is 0. The number of hydrogen-bond acceptors (Lipinski definition) is 5. The molecule has 100 valence electrons. The number of ether oxygens (including phenoxy) is 1. The Kier molecular flexibility index (Phi) is 3.89. The lowest BCUT2D eigenvalue weighted by Gasteiger charge is -2.08. The summed E-state index contributed by atoms with van der Waals surface area (Å²) >= 11 is 0. The van der Waals surface area contributed by atoms with Crippen LogP contribution in [0.3, 0.4) is 0 Å². The van der Waals surface area contributed by atoms with Crippen molar-refractivity contribution in [1.82, 2.24) is 19.7 Å². The van der Waals surface area contributed by atoms with Crippen molar-refractivity contribution in [3.63, 3.8) is 0 Å². The molecule has 2 aromatic rings. The zero-order chi connectivity index (χ0) is 13.8. The molecule has 0 N–H and O–H groups in total. The molecule has 0 unspecified atom stereocenters. The molecule has 0 saturated carbocycles. The first-order valence-corrected chi connectivity index (χ1v) is 6.11. The highest BCUT2D eigenvalue weighted by Crippen LogP contribution is 2.08. The van der Waals surface area contributed by atoms with E-state index in [9.17, 15) is 4.79 Å². The first-order chi connectivity index (χ1) is 9.11. The van der Waals surface area contributed by atoms with E-state index < -0.39 is 5.97 Å². The number of pyridine rings is 1. The van der Waals surface area contributed by atoms with E-state index in [4.69, 9.17) is 4.74 Å². The molecule has 0 spiro atoms. The zero-order valence-corrected chi connectivity index (χ0v) is 11.3. The van der Waals surface area contributed by atoms with Gasteiger partial charge in [-0.2, -0.15) is 0 Å². The van der Waals surface area contributed by atoms with E-state index >= 15 is 0 Å². The standard InChI is InChI=1S/C13H16N4O2/c1-4-19-13(18)12-16-15-10(3)17(12)8-11-7-5-6-9(2)14-11/h5-7H,4,8H2,1-3H3. The minimum absolute atomic E-state index is 0.211. The maximum absolute atomic E-state index is 11.8. The Hall–Kier alpha value is -2.24. The molecule has 0 radical (unpaired) electrons. The van der Waals surface area contributed by atoms with Crippen LogP contribution < -0.4 is 0 Å². The van der Waals surface area contributed by atoms with Gasteiger partial charge in [0.15, 0.2) is 0 Å². The Labute approximate surface area is 111 Å². The second kappa shape index (κ2) is 5.60. The van der Waals surface area contributed by atoms with Crippen LogP contribution in [0.5, 0.6) is 0 Å². The number of hydrogen-bond donors (Lipinski definition) is 0. The molecule has 0 atom stereocenters. The predicted octanol–water partition coefficient (Wildman–Crippen LogP) is 1.51. The number of esters is 1. The Morgan fingerprint density at radius 2 is 2.11 bits per heavy atom. The van der Waals surface area contributed by atoms with Crippen molar-refractivity contribution < 1.29 is 9.53 Å². The summed E-state index contributed by atoms with van der Waals surface area (Å²) in [7, 11) is 0. The average molecular weight is 260 g/mol. The minimum atomic E-state index is -0.462. The van der Waals surface area contributed by atoms with Crippen molar-refractivity contribution in [2.45, 2.75) is 27.3 Å². The van der Waals surface area contributed by atoms with Crippen LogP contribution >= 0.6 is 0 Å². The van der Waals surface area contributed by atoms with Crippen molar-refractivity contribution in [2.24, 2.45) is 0 Å². The number of rotatable bonds is 4. The third-order valence-electron chi connectivity index (χ3n) is 2.66. The summed E-state index contributed by atoms with van der Waals surface area (Å²) in [5, 5.41) is 7.79. The maximum atomic E-state index is 11.8. The molecule has 0 bridgehead atoms. The van der Waals surface area contributed by atoms with Crippen LogP contribution in [0.25, 0.3) is 0 Å². The highest BCUT2D eigenvalue weighted by molar-refractivity contribution is 5.85. The van der Waals surface area contributed by atoms with Crippen LogP contribution in [-0.4, -0.2) is 32.3 Å². The molecule has 2 rings (SSSR count). The Morgan fingerprint density at radius 3 is 2.79 bits per heavy atom. The Morgan fingerprint density at radius 1 is 1.32 bits per heavy atom. The third kappa shape index (κ3) is 2.96. The molecule has 6 heteroatoms. The van der Waals surface area contributed by atoms with Crippen molar-refractivity contribution in [2.75, 3.05) is 6.61 Å². The molecule has 0 saturated heterocycles. The van der Waals surface area contributed by atoms with E-state index in [1.807, 2.05) is 25.1 Å². The smallest absolute Gasteiger partial charge is 0.376 e. The van der Waals surface area contributed by atoms with Gasteiger partial charge >= 0.3 is 5.97 Å². The lowest BCUT2D eigenvalue weighted by molar-refractivity contribution is 0.0506. The summed E-state index contributed by atoms with van der Waals surface area (Å²) in [5.74, 6) is 0.407. The largest absolute Gasteiger partial charge is 0.460 e. The lowest BCUT2D eigenvalue weighted by atomic mass is 10.3. The van der Waals surface area contributed by atoms with Gasteiger partial charge in [0.25, 0.3) is 0 Å². The number of nitrogens with zero attached hydrogens (tertiary/aromatic N) is 4. The highest BCUT2D eigenvalue weighted by Gasteiger charge is 2.18. The van der Waals surface area contributed by atoms with Crippen LogP contribution in [0.1, 0.15) is 34.8 Å². The third-order valence-corrected chi connectivity index (χ3v) is 2.66. The number of carbonyl (C=O) groups excluding carboxylic acids is 1. The Balaban J connectivity index is 2.29. The Bertz CT molecular complexity index is 592. The first-order valence-electron chi connectivity index (χ1n) is 6.11. The molecule has 2 aromatic heterocycles. The summed E-state index contributed by atoms with van der Waals surface area (Å²) < 4.78 is 6.67. The molecule has 0 aliphatic heterocycles. The SMILES string of the molecule is CCOC(=O)c1nnc(C)n1Cc1cccc(C)n1. The van der Waals surface area contributed by atoms with Crippen molar-refractivity contribution in [1.29, 1.82) is 0 Å². The molecule has 2 heterocycles. The van der Waals surface area contributed by atoms with Gasteiger partial charge in [0.05, 0.1) is 18.8 Å². The first kappa shape index (κ1) is 13.2. The van der Waals surface area contributed by atoms with E-state index in [1.165, 1.54) is 0 Å². The molecule has 0 aliphatic carbocycles. The fourth-order valence-electron chi connectivity index (χ4n) is 1.77. The van der Waals surface area contributed by atoms with Gasteiger partial charge in [0.1, 0.15) is 5.82 Å². The van der Waals surface area contributed by atoms with Gasteiger partial charge in [-0.05, 0) is 32.9 Å². The highest BCUT2D eigenvalue weighted by atomic mass is 16.5. The summed E-state index contributed by atoms with van der Waals surface area (Å²) in [6.45, 7) is 6.25. The molecule has 0 fully saturated rings. The quantitative estimate of drug-likeness (QED) is 0.779.